The number of imidazole rings is 1. The number of thiophene rings is 1. The van der Waals surface area contributed by atoms with Crippen molar-refractivity contribution in [3.63, 3.8) is 0 Å². The van der Waals surface area contributed by atoms with Gasteiger partial charge in [-0.05, 0) is 92.7 Å². The van der Waals surface area contributed by atoms with Gasteiger partial charge in [-0.3, -0.25) is 20.0 Å². The Hall–Kier alpha value is -3.84. The van der Waals surface area contributed by atoms with Crippen LogP contribution >= 0.6 is 27.3 Å². The summed E-state index contributed by atoms with van der Waals surface area (Å²) in [6.45, 7) is 5.18. The van der Waals surface area contributed by atoms with E-state index in [1.165, 1.54) is 11.3 Å². The van der Waals surface area contributed by atoms with Crippen molar-refractivity contribution in [3.8, 4) is 11.5 Å². The highest BCUT2D eigenvalue weighted by atomic mass is 79.9. The van der Waals surface area contributed by atoms with Crippen molar-refractivity contribution in [2.45, 2.75) is 64.1 Å². The third-order valence-electron chi connectivity index (χ3n) is 6.52. The Bertz CT molecular complexity index is 1580. The largest absolute Gasteiger partial charge is 0.443 e. The molecule has 4 heterocycles. The molecular weight excluding hydrogens is 610 g/mol. The first-order valence-electron chi connectivity index (χ1n) is 13.2. The number of hydrogen-bond donors (Lipinski definition) is 3. The summed E-state index contributed by atoms with van der Waals surface area (Å²) in [6.07, 6.45) is 5.96. The number of aromatic nitrogens is 4. The summed E-state index contributed by atoms with van der Waals surface area (Å²) in [5.74, 6) is -0.0255. The van der Waals surface area contributed by atoms with Gasteiger partial charge in [0.1, 0.15) is 17.0 Å². The van der Waals surface area contributed by atoms with Crippen molar-refractivity contribution < 1.29 is 19.1 Å². The molecule has 5 rings (SSSR count). The van der Waals surface area contributed by atoms with Crippen LogP contribution in [0.15, 0.2) is 52.6 Å². The molecule has 0 bridgehead atoms. The fourth-order valence-electron chi connectivity index (χ4n) is 4.86. The molecule has 2 atom stereocenters. The molecule has 13 heteroatoms. The molecule has 4 aromatic rings. The van der Waals surface area contributed by atoms with Crippen molar-refractivity contribution in [3.05, 3.63) is 63.1 Å². The van der Waals surface area contributed by atoms with Crippen molar-refractivity contribution in [1.82, 2.24) is 35.7 Å². The van der Waals surface area contributed by atoms with Gasteiger partial charge in [-0.25, -0.2) is 20.2 Å². The van der Waals surface area contributed by atoms with Crippen molar-refractivity contribution >= 4 is 56.2 Å². The molecule has 0 spiro atoms. The second-order valence-electron chi connectivity index (χ2n) is 10.8. The zero-order valence-electron chi connectivity index (χ0n) is 22.8. The van der Waals surface area contributed by atoms with Gasteiger partial charge in [0, 0.05) is 18.3 Å². The lowest BCUT2D eigenvalue weighted by Crippen LogP contribution is -2.44. The fraction of sp³-hybridized carbons (Fsp3) is 0.357. The normalized spacial score (nSPS) is 17.2. The number of pyridine rings is 2. The first kappa shape index (κ1) is 28.7. The fourth-order valence-corrected chi connectivity index (χ4v) is 6.15. The maximum atomic E-state index is 12.9. The van der Waals surface area contributed by atoms with Crippen molar-refractivity contribution in [2.75, 3.05) is 0 Å². The molecule has 0 saturated heterocycles. The van der Waals surface area contributed by atoms with Gasteiger partial charge in [-0.2, -0.15) is 0 Å². The van der Waals surface area contributed by atoms with Gasteiger partial charge in [0.05, 0.1) is 25.9 Å². The molecule has 4 aromatic heterocycles. The summed E-state index contributed by atoms with van der Waals surface area (Å²) in [5.41, 5.74) is 5.96. The highest BCUT2D eigenvalue weighted by molar-refractivity contribution is 9.11. The molecule has 3 N–H and O–H groups in total. The molecule has 3 amide bonds. The van der Waals surface area contributed by atoms with Crippen LogP contribution in [-0.4, -0.2) is 49.1 Å². The summed E-state index contributed by atoms with van der Waals surface area (Å²) in [5, 5.41) is 3.20. The number of ether oxygens (including phenoxy) is 1. The first-order valence-corrected chi connectivity index (χ1v) is 14.8. The van der Waals surface area contributed by atoms with E-state index in [1.54, 1.807) is 39.2 Å². The number of amides is 3. The zero-order chi connectivity index (χ0) is 29.1. The average Bonchev–Trinajstić information content (AvgIpc) is 3.55. The second-order valence-corrected chi connectivity index (χ2v) is 13.2. The molecule has 2 unspecified atom stereocenters. The van der Waals surface area contributed by atoms with Gasteiger partial charge in [0.15, 0.2) is 5.82 Å². The lowest BCUT2D eigenvalue weighted by Gasteiger charge is -2.31. The minimum absolute atomic E-state index is 0.00639. The van der Waals surface area contributed by atoms with Crippen LogP contribution in [0.3, 0.4) is 0 Å². The van der Waals surface area contributed by atoms with Crippen LogP contribution in [-0.2, 0) is 4.74 Å². The second kappa shape index (κ2) is 12.0. The lowest BCUT2D eigenvalue weighted by atomic mass is 9.90. The number of rotatable bonds is 5. The first-order chi connectivity index (χ1) is 19.6. The summed E-state index contributed by atoms with van der Waals surface area (Å²) in [6, 6.07) is 10.9. The molecular formula is C28H30BrN7O4S. The van der Waals surface area contributed by atoms with Crippen LogP contribution in [0.5, 0.6) is 0 Å². The molecule has 1 aliphatic carbocycles. The van der Waals surface area contributed by atoms with E-state index >= 15 is 0 Å². The Morgan fingerprint density at radius 2 is 1.90 bits per heavy atom. The van der Waals surface area contributed by atoms with Crippen LogP contribution in [0.4, 0.5) is 4.79 Å². The molecule has 0 radical (unpaired) electrons. The summed E-state index contributed by atoms with van der Waals surface area (Å²) >= 11 is 4.83. The average molecular weight is 641 g/mol. The Labute approximate surface area is 249 Å². The van der Waals surface area contributed by atoms with E-state index < -0.39 is 17.6 Å². The van der Waals surface area contributed by atoms with Gasteiger partial charge >= 0.3 is 6.09 Å². The predicted octanol–water partition coefficient (Wildman–Crippen LogP) is 5.40. The molecule has 214 valence electrons. The van der Waals surface area contributed by atoms with E-state index in [1.807, 2.05) is 30.3 Å². The number of carbonyl (C=O) groups is 3. The number of nitrogens with one attached hydrogen (secondary N) is 3. The zero-order valence-corrected chi connectivity index (χ0v) is 25.2. The molecule has 1 fully saturated rings. The summed E-state index contributed by atoms with van der Waals surface area (Å²) in [7, 11) is 0. The lowest BCUT2D eigenvalue weighted by molar-refractivity contribution is 0.0483. The summed E-state index contributed by atoms with van der Waals surface area (Å²) < 4.78 is 8.18. The van der Waals surface area contributed by atoms with E-state index in [0.717, 1.165) is 28.6 Å². The number of halogens is 1. The third-order valence-corrected chi connectivity index (χ3v) is 8.15. The maximum Gasteiger partial charge on any atom is 0.426 e. The van der Waals surface area contributed by atoms with Crippen LogP contribution in [0.1, 0.15) is 72.7 Å². The molecule has 11 nitrogen and oxygen atoms in total. The highest BCUT2D eigenvalue weighted by Gasteiger charge is 2.29. The van der Waals surface area contributed by atoms with Crippen LogP contribution < -0.4 is 16.2 Å². The topological polar surface area (TPSA) is 140 Å². The molecule has 41 heavy (non-hydrogen) atoms. The SMILES string of the molecule is CC(C)(C)OC(=O)NNC(=O)c1cc2nc(-c3ccccn3)n(C3CCCC(NC(=O)c4ccc(Br)s4)C3)c2cn1. The molecule has 1 aliphatic rings. The Morgan fingerprint density at radius 3 is 2.61 bits per heavy atom. The minimum atomic E-state index is -0.778. The Balaban J connectivity index is 1.40. The Kier molecular flexibility index (Phi) is 8.36. The van der Waals surface area contributed by atoms with Gasteiger partial charge in [-0.1, -0.05) is 6.07 Å². The minimum Gasteiger partial charge on any atom is -0.443 e. The van der Waals surface area contributed by atoms with Crippen molar-refractivity contribution in [2.24, 2.45) is 0 Å². The van der Waals surface area contributed by atoms with Crippen LogP contribution in [0.2, 0.25) is 0 Å². The van der Waals surface area contributed by atoms with E-state index in [4.69, 9.17) is 9.72 Å². The number of hydrazine groups is 1. The number of fused-ring (bicyclic) bond motifs is 1. The molecule has 0 aliphatic heterocycles. The van der Waals surface area contributed by atoms with Gasteiger partial charge in [-0.15, -0.1) is 11.3 Å². The van der Waals surface area contributed by atoms with Gasteiger partial charge in [0.2, 0.25) is 0 Å². The van der Waals surface area contributed by atoms with Crippen LogP contribution in [0.25, 0.3) is 22.6 Å². The maximum absolute atomic E-state index is 12.9. The number of hydrogen-bond acceptors (Lipinski definition) is 8. The van der Waals surface area contributed by atoms with E-state index in [9.17, 15) is 14.4 Å². The molecule has 1 saturated carbocycles. The van der Waals surface area contributed by atoms with Crippen molar-refractivity contribution in [1.29, 1.82) is 0 Å². The van der Waals surface area contributed by atoms with E-state index in [0.29, 0.717) is 28.3 Å². The quantitative estimate of drug-likeness (QED) is 0.248. The van der Waals surface area contributed by atoms with Gasteiger partial charge < -0.3 is 14.6 Å². The Morgan fingerprint density at radius 1 is 1.07 bits per heavy atom. The highest BCUT2D eigenvalue weighted by Crippen LogP contribution is 2.36. The van der Waals surface area contributed by atoms with Gasteiger partial charge in [0.25, 0.3) is 11.8 Å². The standard InChI is InChI=1S/C28H30BrN7O4S/c1-28(2,3)40-27(39)35-34-25(37)20-14-19-21(15-31-20)36(24(33-19)18-9-4-5-12-30-18)17-8-6-7-16(13-17)32-26(38)22-10-11-23(29)41-22/h4-5,9-12,14-17H,6-8,13H2,1-3H3,(H,32,38)(H,34,37)(H,35,39). The van der Waals surface area contributed by atoms with Crippen LogP contribution in [0, 0.1) is 0 Å². The monoisotopic (exact) mass is 639 g/mol. The predicted molar refractivity (Wildman–Crippen MR) is 158 cm³/mol. The third kappa shape index (κ3) is 6.91. The van der Waals surface area contributed by atoms with E-state index in [2.05, 4.69) is 46.6 Å². The smallest absolute Gasteiger partial charge is 0.426 e. The number of nitrogens with zero attached hydrogens (tertiary/aromatic N) is 4. The number of carbonyl (C=O) groups excluding carboxylic acids is 3. The molecule has 0 aromatic carbocycles. The summed E-state index contributed by atoms with van der Waals surface area (Å²) in [4.78, 5) is 52.0. The van der Waals surface area contributed by atoms with E-state index in [-0.39, 0.29) is 23.7 Å².